The third kappa shape index (κ3) is 2.65. The van der Waals surface area contributed by atoms with E-state index in [1.54, 1.807) is 0 Å². The lowest BCUT2D eigenvalue weighted by Gasteiger charge is -2.19. The second-order valence-corrected chi connectivity index (χ2v) is 6.19. The van der Waals surface area contributed by atoms with Gasteiger partial charge in [0.25, 0.3) is 5.56 Å². The Morgan fingerprint density at radius 1 is 1.39 bits per heavy atom. The second kappa shape index (κ2) is 5.81. The first-order chi connectivity index (χ1) is 10.9. The molecule has 23 heavy (non-hydrogen) atoms. The van der Waals surface area contributed by atoms with Crippen molar-refractivity contribution in [1.82, 2.24) is 9.13 Å². The highest BCUT2D eigenvalue weighted by atomic mass is 19.1. The molecular weight excluding hydrogens is 301 g/mol. The van der Waals surface area contributed by atoms with Crippen molar-refractivity contribution in [3.05, 3.63) is 38.8 Å². The normalized spacial score (nSPS) is 18.2. The minimum absolute atomic E-state index is 0.104. The van der Waals surface area contributed by atoms with E-state index in [0.717, 1.165) is 18.9 Å². The van der Waals surface area contributed by atoms with Gasteiger partial charge in [0.1, 0.15) is 5.82 Å². The molecule has 2 heterocycles. The zero-order valence-corrected chi connectivity index (χ0v) is 13.2. The van der Waals surface area contributed by atoms with Gasteiger partial charge in [-0.05, 0) is 32.8 Å². The van der Waals surface area contributed by atoms with Crippen LogP contribution in [0.25, 0.3) is 10.9 Å². The summed E-state index contributed by atoms with van der Waals surface area (Å²) >= 11 is 0. The molecule has 2 N–H and O–H groups in total. The van der Waals surface area contributed by atoms with E-state index in [1.165, 1.54) is 15.2 Å². The first-order valence-electron chi connectivity index (χ1n) is 7.76. The summed E-state index contributed by atoms with van der Waals surface area (Å²) in [4.78, 5) is 25.4. The smallest absolute Gasteiger partial charge is 0.331 e. The molecule has 1 aromatic carbocycles. The lowest BCUT2D eigenvalue weighted by atomic mass is 10.2. The molecule has 1 aromatic heterocycles. The number of nitrogens with zero attached hydrogens (tertiary/aromatic N) is 2. The Labute approximate surface area is 132 Å². The molecule has 1 atom stereocenters. The molecule has 0 saturated carbocycles. The molecule has 0 unspecified atom stereocenters. The Kier molecular flexibility index (Phi) is 3.97. The van der Waals surface area contributed by atoms with Crippen molar-refractivity contribution in [3.63, 3.8) is 0 Å². The third-order valence-electron chi connectivity index (χ3n) is 4.21. The monoisotopic (exact) mass is 321 g/mol. The van der Waals surface area contributed by atoms with Crippen LogP contribution < -0.4 is 17.0 Å². The van der Waals surface area contributed by atoms with Gasteiger partial charge in [-0.1, -0.05) is 0 Å². The maximum atomic E-state index is 13.8. The highest BCUT2D eigenvalue weighted by Gasteiger charge is 2.22. The number of nitrogens with two attached hydrogens (primary N) is 1. The van der Waals surface area contributed by atoms with Gasteiger partial charge < -0.3 is 10.5 Å². The average molecular weight is 321 g/mol. The van der Waals surface area contributed by atoms with Crippen molar-refractivity contribution >= 4 is 16.6 Å². The van der Waals surface area contributed by atoms with E-state index in [-0.39, 0.29) is 35.3 Å². The van der Waals surface area contributed by atoms with Gasteiger partial charge in [0, 0.05) is 18.7 Å². The minimum atomic E-state index is -0.637. The standard InChI is InChI=1S/C16H20FN3O3/c1-9(2)20-14-7-12(17)13(18)6-11(14)15(21)19(16(20)22)8-10-4-3-5-23-10/h6-7,9-10H,3-5,8,18H2,1-2H3/t10-/m0/s1. The molecule has 1 fully saturated rings. The van der Waals surface area contributed by atoms with E-state index >= 15 is 0 Å². The summed E-state index contributed by atoms with van der Waals surface area (Å²) in [5.41, 5.74) is 4.86. The fourth-order valence-corrected chi connectivity index (χ4v) is 3.07. The molecule has 0 radical (unpaired) electrons. The molecule has 0 aliphatic carbocycles. The van der Waals surface area contributed by atoms with E-state index < -0.39 is 17.1 Å². The largest absolute Gasteiger partial charge is 0.396 e. The van der Waals surface area contributed by atoms with Crippen LogP contribution in [0.1, 0.15) is 32.7 Å². The summed E-state index contributed by atoms with van der Waals surface area (Å²) in [5, 5.41) is 0.246. The quantitative estimate of drug-likeness (QED) is 0.872. The first kappa shape index (κ1) is 15.7. The maximum Gasteiger partial charge on any atom is 0.331 e. The number of hydrogen-bond donors (Lipinski definition) is 1. The number of aromatic nitrogens is 2. The summed E-state index contributed by atoms with van der Waals surface area (Å²) in [7, 11) is 0. The first-order valence-corrected chi connectivity index (χ1v) is 7.76. The molecule has 124 valence electrons. The Bertz CT molecular complexity index is 863. The summed E-state index contributed by atoms with van der Waals surface area (Å²) < 4.78 is 21.9. The highest BCUT2D eigenvalue weighted by molar-refractivity contribution is 5.82. The molecule has 6 nitrogen and oxygen atoms in total. The van der Waals surface area contributed by atoms with Gasteiger partial charge in [-0.15, -0.1) is 0 Å². The van der Waals surface area contributed by atoms with Gasteiger partial charge in [0.05, 0.1) is 29.2 Å². The van der Waals surface area contributed by atoms with Crippen molar-refractivity contribution in [1.29, 1.82) is 0 Å². The number of halogens is 1. The SMILES string of the molecule is CC(C)n1c(=O)n(C[C@@H]2CCCO2)c(=O)c2cc(N)c(F)cc21. The van der Waals surface area contributed by atoms with Crippen molar-refractivity contribution in [2.24, 2.45) is 0 Å². The zero-order valence-electron chi connectivity index (χ0n) is 13.2. The Morgan fingerprint density at radius 3 is 2.74 bits per heavy atom. The molecule has 7 heteroatoms. The number of fused-ring (bicyclic) bond motifs is 1. The van der Waals surface area contributed by atoms with Gasteiger partial charge in [-0.2, -0.15) is 0 Å². The average Bonchev–Trinajstić information content (AvgIpc) is 2.99. The van der Waals surface area contributed by atoms with Crippen molar-refractivity contribution < 1.29 is 9.13 Å². The van der Waals surface area contributed by atoms with Gasteiger partial charge in [-0.25, -0.2) is 9.18 Å². The predicted molar refractivity (Wildman–Crippen MR) is 86.2 cm³/mol. The second-order valence-electron chi connectivity index (χ2n) is 6.19. The zero-order chi connectivity index (χ0) is 16.7. The van der Waals surface area contributed by atoms with Crippen molar-refractivity contribution in [3.8, 4) is 0 Å². The van der Waals surface area contributed by atoms with E-state index in [2.05, 4.69) is 0 Å². The van der Waals surface area contributed by atoms with Crippen LogP contribution in [0.5, 0.6) is 0 Å². The molecule has 0 bridgehead atoms. The Balaban J connectivity index is 2.30. The Hall–Kier alpha value is -2.15. The fourth-order valence-electron chi connectivity index (χ4n) is 3.07. The van der Waals surface area contributed by atoms with Crippen LogP contribution in [0.4, 0.5) is 10.1 Å². The van der Waals surface area contributed by atoms with E-state index in [4.69, 9.17) is 10.5 Å². The summed E-state index contributed by atoms with van der Waals surface area (Å²) in [6.07, 6.45) is 1.59. The van der Waals surface area contributed by atoms with E-state index in [0.29, 0.717) is 6.61 Å². The Morgan fingerprint density at radius 2 is 2.13 bits per heavy atom. The molecule has 2 aromatic rings. The molecule has 3 rings (SSSR count). The van der Waals surface area contributed by atoms with Crippen LogP contribution in [-0.2, 0) is 11.3 Å². The van der Waals surface area contributed by atoms with Crippen LogP contribution in [-0.4, -0.2) is 21.8 Å². The number of ether oxygens (including phenoxy) is 1. The number of nitrogen functional groups attached to an aromatic ring is 1. The molecule has 1 aliphatic rings. The van der Waals surface area contributed by atoms with Crippen molar-refractivity contribution in [2.75, 3.05) is 12.3 Å². The molecular formula is C16H20FN3O3. The van der Waals surface area contributed by atoms with Gasteiger partial charge in [-0.3, -0.25) is 13.9 Å². The van der Waals surface area contributed by atoms with Crippen LogP contribution >= 0.6 is 0 Å². The third-order valence-corrected chi connectivity index (χ3v) is 4.21. The lowest BCUT2D eigenvalue weighted by molar-refractivity contribution is 0.0947. The van der Waals surface area contributed by atoms with Crippen molar-refractivity contribution in [2.45, 2.75) is 45.4 Å². The minimum Gasteiger partial charge on any atom is -0.396 e. The molecule has 0 spiro atoms. The summed E-state index contributed by atoms with van der Waals surface area (Å²) in [6.45, 7) is 4.48. The van der Waals surface area contributed by atoms with Gasteiger partial charge in [0.2, 0.25) is 0 Å². The van der Waals surface area contributed by atoms with Crippen LogP contribution in [0.15, 0.2) is 21.7 Å². The molecule has 1 saturated heterocycles. The predicted octanol–water partition coefficient (Wildman–Crippen LogP) is 1.64. The van der Waals surface area contributed by atoms with Gasteiger partial charge in [0.15, 0.2) is 0 Å². The summed E-state index contributed by atoms with van der Waals surface area (Å²) in [5.74, 6) is -0.637. The molecule has 1 aliphatic heterocycles. The number of hydrogen-bond acceptors (Lipinski definition) is 4. The van der Waals surface area contributed by atoms with Crippen LogP contribution in [0, 0.1) is 5.82 Å². The van der Waals surface area contributed by atoms with E-state index in [9.17, 15) is 14.0 Å². The number of benzene rings is 1. The van der Waals surface area contributed by atoms with Gasteiger partial charge >= 0.3 is 5.69 Å². The number of anilines is 1. The number of rotatable bonds is 3. The van der Waals surface area contributed by atoms with Crippen LogP contribution in [0.3, 0.4) is 0 Å². The topological polar surface area (TPSA) is 79.2 Å². The fraction of sp³-hybridized carbons (Fsp3) is 0.500. The maximum absolute atomic E-state index is 13.8. The summed E-state index contributed by atoms with van der Waals surface area (Å²) in [6, 6.07) is 2.24. The van der Waals surface area contributed by atoms with Crippen LogP contribution in [0.2, 0.25) is 0 Å². The lowest BCUT2D eigenvalue weighted by Crippen LogP contribution is -2.43. The molecule has 0 amide bonds. The highest BCUT2D eigenvalue weighted by Crippen LogP contribution is 2.20. The van der Waals surface area contributed by atoms with E-state index in [1.807, 2.05) is 13.8 Å².